The zero-order valence-electron chi connectivity index (χ0n) is 14.8. The van der Waals surface area contributed by atoms with Crippen LogP contribution in [-0.4, -0.2) is 32.5 Å². The van der Waals surface area contributed by atoms with Gasteiger partial charge in [0.15, 0.2) is 10.9 Å². The molecule has 3 aromatic heterocycles. The molecular formula is C19H15FN6OS. The van der Waals surface area contributed by atoms with E-state index in [0.29, 0.717) is 33.2 Å². The number of rotatable bonds is 4. The van der Waals surface area contributed by atoms with Crippen LogP contribution in [0.2, 0.25) is 0 Å². The average molecular weight is 394 g/mol. The fourth-order valence-electron chi connectivity index (χ4n) is 2.77. The molecule has 4 aromatic rings. The Morgan fingerprint density at radius 3 is 2.75 bits per heavy atom. The maximum absolute atomic E-state index is 15.3. The van der Waals surface area contributed by atoms with Crippen molar-refractivity contribution in [1.29, 1.82) is 0 Å². The van der Waals surface area contributed by atoms with Gasteiger partial charge >= 0.3 is 6.03 Å². The summed E-state index contributed by atoms with van der Waals surface area (Å²) in [6, 6.07) is 6.84. The highest BCUT2D eigenvalue weighted by molar-refractivity contribution is 7.22. The highest BCUT2D eigenvalue weighted by atomic mass is 32.1. The first-order valence-electron chi connectivity index (χ1n) is 8.52. The molecule has 0 unspecified atom stereocenters. The van der Waals surface area contributed by atoms with E-state index in [0.717, 1.165) is 5.56 Å². The van der Waals surface area contributed by atoms with Crippen LogP contribution >= 0.6 is 11.3 Å². The number of carbonyl (C=O) groups is 1. The maximum Gasteiger partial charge on any atom is 0.321 e. The van der Waals surface area contributed by atoms with Gasteiger partial charge in [0, 0.05) is 41.8 Å². The minimum atomic E-state index is -0.496. The first-order valence-corrected chi connectivity index (χ1v) is 9.33. The van der Waals surface area contributed by atoms with E-state index in [-0.39, 0.29) is 5.52 Å². The van der Waals surface area contributed by atoms with E-state index >= 15 is 4.39 Å². The molecule has 0 atom stereocenters. The second kappa shape index (κ2) is 7.65. The Balaban J connectivity index is 1.93. The number of urea groups is 1. The van der Waals surface area contributed by atoms with Crippen molar-refractivity contribution < 1.29 is 9.18 Å². The van der Waals surface area contributed by atoms with Gasteiger partial charge in [-0.05, 0) is 25.1 Å². The van der Waals surface area contributed by atoms with Crippen molar-refractivity contribution in [2.75, 3.05) is 11.9 Å². The van der Waals surface area contributed by atoms with Crippen molar-refractivity contribution >= 4 is 32.7 Å². The molecule has 0 aliphatic carbocycles. The summed E-state index contributed by atoms with van der Waals surface area (Å²) in [5.41, 5.74) is 2.42. The van der Waals surface area contributed by atoms with Gasteiger partial charge in [-0.3, -0.25) is 10.3 Å². The van der Waals surface area contributed by atoms with E-state index in [1.54, 1.807) is 24.7 Å². The number of thiazole rings is 1. The molecule has 0 aliphatic rings. The molecule has 0 saturated heterocycles. The normalized spacial score (nSPS) is 10.8. The third kappa shape index (κ3) is 3.39. The number of fused-ring (bicyclic) bond motifs is 1. The molecule has 0 aliphatic heterocycles. The van der Waals surface area contributed by atoms with Gasteiger partial charge in [-0.25, -0.2) is 24.1 Å². The fraction of sp³-hybridized carbons (Fsp3) is 0.105. The first kappa shape index (κ1) is 17.9. The van der Waals surface area contributed by atoms with Crippen molar-refractivity contribution in [1.82, 2.24) is 25.3 Å². The molecule has 140 valence electrons. The van der Waals surface area contributed by atoms with Crippen LogP contribution in [0.15, 0.2) is 49.2 Å². The van der Waals surface area contributed by atoms with Crippen molar-refractivity contribution in [2.45, 2.75) is 6.92 Å². The van der Waals surface area contributed by atoms with Crippen LogP contribution in [0.4, 0.5) is 14.3 Å². The minimum absolute atomic E-state index is 0.166. The molecule has 9 heteroatoms. The summed E-state index contributed by atoms with van der Waals surface area (Å²) in [5.74, 6) is -0.496. The van der Waals surface area contributed by atoms with Crippen molar-refractivity contribution in [3.63, 3.8) is 0 Å². The predicted octanol–water partition coefficient (Wildman–Crippen LogP) is 4.10. The average Bonchev–Trinajstić information content (AvgIpc) is 3.14. The molecular weight excluding hydrogens is 379 g/mol. The molecule has 4 rings (SSSR count). The number of halogens is 1. The second-order valence-electron chi connectivity index (χ2n) is 5.81. The lowest BCUT2D eigenvalue weighted by atomic mass is 10.0. The summed E-state index contributed by atoms with van der Waals surface area (Å²) >= 11 is 1.20. The van der Waals surface area contributed by atoms with Gasteiger partial charge in [-0.2, -0.15) is 0 Å². The quantitative estimate of drug-likeness (QED) is 0.544. The Hall–Kier alpha value is -3.46. The van der Waals surface area contributed by atoms with Crippen LogP contribution < -0.4 is 10.6 Å². The highest BCUT2D eigenvalue weighted by Crippen LogP contribution is 2.40. The van der Waals surface area contributed by atoms with Gasteiger partial charge < -0.3 is 5.32 Å². The topological polar surface area (TPSA) is 92.7 Å². The highest BCUT2D eigenvalue weighted by Gasteiger charge is 2.20. The molecule has 0 fully saturated rings. The lowest BCUT2D eigenvalue weighted by Crippen LogP contribution is -2.28. The Morgan fingerprint density at radius 2 is 2.04 bits per heavy atom. The van der Waals surface area contributed by atoms with Gasteiger partial charge in [0.2, 0.25) is 0 Å². The number of benzene rings is 1. The number of nitrogens with one attached hydrogen (secondary N) is 2. The number of aromatic nitrogens is 4. The molecule has 2 amide bonds. The van der Waals surface area contributed by atoms with E-state index in [1.165, 1.54) is 17.7 Å². The number of anilines is 1. The molecule has 2 N–H and O–H groups in total. The van der Waals surface area contributed by atoms with Gasteiger partial charge in [-0.1, -0.05) is 17.4 Å². The van der Waals surface area contributed by atoms with Crippen LogP contribution in [0.1, 0.15) is 6.92 Å². The zero-order valence-corrected chi connectivity index (χ0v) is 15.6. The molecule has 7 nitrogen and oxygen atoms in total. The van der Waals surface area contributed by atoms with Crippen LogP contribution in [0.5, 0.6) is 0 Å². The van der Waals surface area contributed by atoms with E-state index in [9.17, 15) is 4.79 Å². The summed E-state index contributed by atoms with van der Waals surface area (Å²) in [6.45, 7) is 2.29. The van der Waals surface area contributed by atoms with Crippen LogP contribution in [0.3, 0.4) is 0 Å². The maximum atomic E-state index is 15.3. The Labute approximate surface area is 163 Å². The lowest BCUT2D eigenvalue weighted by Gasteiger charge is -2.08. The number of amides is 2. The zero-order chi connectivity index (χ0) is 19.5. The van der Waals surface area contributed by atoms with Crippen LogP contribution in [0.25, 0.3) is 32.6 Å². The molecule has 3 heterocycles. The summed E-state index contributed by atoms with van der Waals surface area (Å²) in [5, 5.41) is 5.58. The largest absolute Gasteiger partial charge is 0.338 e. The Morgan fingerprint density at radius 1 is 1.21 bits per heavy atom. The van der Waals surface area contributed by atoms with Gasteiger partial charge in [0.25, 0.3) is 0 Å². The Bertz CT molecular complexity index is 1130. The number of hydrogen-bond donors (Lipinski definition) is 2. The monoisotopic (exact) mass is 394 g/mol. The third-order valence-corrected chi connectivity index (χ3v) is 4.98. The lowest BCUT2D eigenvalue weighted by molar-refractivity contribution is 0.252. The SMILES string of the molecule is CCNC(=O)Nc1nc2c(F)c(-c3cncnc3)cc(-c3ccccn3)c2s1. The van der Waals surface area contributed by atoms with Crippen LogP contribution in [0, 0.1) is 5.82 Å². The third-order valence-electron chi connectivity index (χ3n) is 3.98. The molecule has 1 aromatic carbocycles. The van der Waals surface area contributed by atoms with Gasteiger partial charge in [0.05, 0.1) is 10.4 Å². The summed E-state index contributed by atoms with van der Waals surface area (Å²) in [7, 11) is 0. The van der Waals surface area contributed by atoms with E-state index < -0.39 is 11.8 Å². The number of pyridine rings is 1. The van der Waals surface area contributed by atoms with E-state index in [2.05, 4.69) is 30.6 Å². The van der Waals surface area contributed by atoms with Crippen molar-refractivity contribution in [3.05, 3.63) is 55.0 Å². The Kier molecular flexibility index (Phi) is 4.90. The smallest absolute Gasteiger partial charge is 0.321 e. The predicted molar refractivity (Wildman–Crippen MR) is 107 cm³/mol. The van der Waals surface area contributed by atoms with Crippen LogP contribution in [-0.2, 0) is 0 Å². The van der Waals surface area contributed by atoms with Crippen molar-refractivity contribution in [3.8, 4) is 22.4 Å². The van der Waals surface area contributed by atoms with Crippen molar-refractivity contribution in [2.24, 2.45) is 0 Å². The van der Waals surface area contributed by atoms with Gasteiger partial charge in [-0.15, -0.1) is 0 Å². The van der Waals surface area contributed by atoms with Gasteiger partial charge in [0.1, 0.15) is 11.8 Å². The summed E-state index contributed by atoms with van der Waals surface area (Å²) in [6.07, 6.45) is 6.14. The number of nitrogens with zero attached hydrogens (tertiary/aromatic N) is 4. The number of carbonyl (C=O) groups excluding carboxylic acids is 1. The molecule has 28 heavy (non-hydrogen) atoms. The number of hydrogen-bond acceptors (Lipinski definition) is 6. The van der Waals surface area contributed by atoms with E-state index in [1.807, 2.05) is 25.1 Å². The summed E-state index contributed by atoms with van der Waals surface area (Å²) < 4.78 is 15.9. The van der Waals surface area contributed by atoms with E-state index in [4.69, 9.17) is 0 Å². The second-order valence-corrected chi connectivity index (χ2v) is 6.81. The fourth-order valence-corrected chi connectivity index (χ4v) is 3.75. The molecule has 0 spiro atoms. The minimum Gasteiger partial charge on any atom is -0.338 e. The molecule has 0 bridgehead atoms. The molecule has 0 saturated carbocycles. The standard InChI is InChI=1S/C19H15FN6OS/c1-2-23-18(27)26-19-25-16-15(20)12(11-8-21-10-22-9-11)7-13(17(16)28-19)14-5-3-4-6-24-14/h3-10H,2H2,1H3,(H2,23,25,26,27). The first-order chi connectivity index (χ1) is 13.7. The molecule has 0 radical (unpaired) electrons. The summed E-state index contributed by atoms with van der Waals surface area (Å²) in [4.78, 5) is 28.5.